The van der Waals surface area contributed by atoms with Crippen LogP contribution in [0.5, 0.6) is 0 Å². The SMILES string of the molecule is O=C(O)CNc1nc(-c2cccc([N+](=O)O)c2)nc(N2CCOCC2)n1. The normalized spacial score (nSPS) is 14.1. The number of nitrogens with one attached hydrogen (secondary N) is 1. The molecule has 1 aromatic heterocycles. The van der Waals surface area contributed by atoms with Gasteiger partial charge in [0.25, 0.3) is 4.92 Å². The van der Waals surface area contributed by atoms with E-state index in [2.05, 4.69) is 20.3 Å². The van der Waals surface area contributed by atoms with Gasteiger partial charge in [0.2, 0.25) is 11.9 Å². The monoisotopic (exact) mass is 361 g/mol. The molecule has 136 valence electrons. The standard InChI is InChI=1S/C15H16N6O5/c22-12(23)9-16-14-17-13(10-2-1-3-11(8-10)21(24)25)18-15(19-14)20-4-6-26-7-5-20/h1-3,8H,4-7,9H2,(H2-,16,17,18,19,22,23,24,25)/p+1. The van der Waals surface area contributed by atoms with E-state index in [4.69, 9.17) is 15.1 Å². The van der Waals surface area contributed by atoms with Crippen LogP contribution in [0.1, 0.15) is 0 Å². The Kier molecular flexibility index (Phi) is 5.17. The van der Waals surface area contributed by atoms with E-state index >= 15 is 0 Å². The Morgan fingerprint density at radius 2 is 2.04 bits per heavy atom. The summed E-state index contributed by atoms with van der Waals surface area (Å²) in [5, 5.41) is 20.6. The minimum absolute atomic E-state index is 0.0240. The number of nitrogens with zero attached hydrogens (tertiary/aromatic N) is 5. The van der Waals surface area contributed by atoms with Gasteiger partial charge in [-0.05, 0) is 0 Å². The molecule has 0 aliphatic carbocycles. The van der Waals surface area contributed by atoms with Crippen LogP contribution < -0.4 is 10.2 Å². The summed E-state index contributed by atoms with van der Waals surface area (Å²) < 4.78 is 5.31. The van der Waals surface area contributed by atoms with Gasteiger partial charge in [0.05, 0.1) is 18.1 Å². The minimum atomic E-state index is -1.05. The van der Waals surface area contributed by atoms with Gasteiger partial charge in [0.1, 0.15) is 6.54 Å². The molecule has 11 heteroatoms. The number of hydrogen-bond donors (Lipinski definition) is 3. The minimum Gasteiger partial charge on any atom is -0.480 e. The molecule has 0 radical (unpaired) electrons. The number of carboxylic acid groups (broad SMARTS) is 1. The summed E-state index contributed by atoms with van der Waals surface area (Å²) in [4.78, 5) is 36.5. The van der Waals surface area contributed by atoms with E-state index in [9.17, 15) is 9.70 Å². The Morgan fingerprint density at radius 3 is 2.73 bits per heavy atom. The summed E-state index contributed by atoms with van der Waals surface area (Å²) in [7, 11) is 0. The molecule has 26 heavy (non-hydrogen) atoms. The van der Waals surface area contributed by atoms with Crippen molar-refractivity contribution >= 4 is 23.6 Å². The average Bonchev–Trinajstić information content (AvgIpc) is 2.67. The van der Waals surface area contributed by atoms with Gasteiger partial charge in [0.15, 0.2) is 5.82 Å². The number of aromatic nitrogens is 3. The lowest BCUT2D eigenvalue weighted by Gasteiger charge is -2.27. The Bertz CT molecular complexity index is 824. The van der Waals surface area contributed by atoms with Gasteiger partial charge in [-0.3, -0.25) is 4.79 Å². The van der Waals surface area contributed by atoms with Crippen LogP contribution in [-0.4, -0.2) is 69.0 Å². The van der Waals surface area contributed by atoms with Gasteiger partial charge < -0.3 is 20.1 Å². The highest BCUT2D eigenvalue weighted by atomic mass is 16.6. The zero-order valence-corrected chi connectivity index (χ0v) is 13.7. The van der Waals surface area contributed by atoms with E-state index in [-0.39, 0.29) is 28.9 Å². The maximum absolute atomic E-state index is 11.1. The fourth-order valence-corrected chi connectivity index (χ4v) is 2.40. The van der Waals surface area contributed by atoms with E-state index < -0.39 is 5.97 Å². The van der Waals surface area contributed by atoms with E-state index in [0.29, 0.717) is 37.8 Å². The van der Waals surface area contributed by atoms with Crippen LogP contribution in [0.4, 0.5) is 17.6 Å². The molecule has 0 unspecified atom stereocenters. The first-order valence-corrected chi connectivity index (χ1v) is 7.84. The van der Waals surface area contributed by atoms with Crippen molar-refractivity contribution in [3.8, 4) is 11.4 Å². The topological polar surface area (TPSA) is 141 Å². The van der Waals surface area contributed by atoms with Crippen molar-refractivity contribution in [3.63, 3.8) is 0 Å². The molecule has 0 bridgehead atoms. The zero-order valence-electron chi connectivity index (χ0n) is 13.7. The van der Waals surface area contributed by atoms with Crippen molar-refractivity contribution < 1.29 is 24.8 Å². The molecule has 1 saturated heterocycles. The number of morpholine rings is 1. The lowest BCUT2D eigenvalue weighted by atomic mass is 10.2. The Hall–Kier alpha value is -3.34. The molecule has 1 aliphatic rings. The summed E-state index contributed by atoms with van der Waals surface area (Å²) in [6, 6.07) is 6.11. The van der Waals surface area contributed by atoms with Gasteiger partial charge in [0, 0.05) is 30.8 Å². The van der Waals surface area contributed by atoms with Gasteiger partial charge in [-0.25, -0.2) is 5.21 Å². The average molecular weight is 361 g/mol. The lowest BCUT2D eigenvalue weighted by Crippen LogP contribution is -2.37. The summed E-state index contributed by atoms with van der Waals surface area (Å²) in [6.45, 7) is 1.89. The summed E-state index contributed by atoms with van der Waals surface area (Å²) >= 11 is 0. The molecule has 11 nitrogen and oxygen atoms in total. The van der Waals surface area contributed by atoms with Crippen molar-refractivity contribution in [2.24, 2.45) is 0 Å². The third kappa shape index (κ3) is 4.19. The first kappa shape index (κ1) is 17.5. The predicted octanol–water partition coefficient (Wildman–Crippen LogP) is 0.671. The number of carbonyl (C=O) groups is 1. The second kappa shape index (κ2) is 7.70. The van der Waals surface area contributed by atoms with Crippen molar-refractivity contribution in [2.75, 3.05) is 43.1 Å². The van der Waals surface area contributed by atoms with Crippen molar-refractivity contribution in [2.45, 2.75) is 0 Å². The molecule has 1 aromatic carbocycles. The molecule has 3 N–H and O–H groups in total. The molecular weight excluding hydrogens is 344 g/mol. The number of benzene rings is 1. The largest absolute Gasteiger partial charge is 0.480 e. The summed E-state index contributed by atoms with van der Waals surface area (Å²) in [5.41, 5.74) is 0.503. The first-order chi connectivity index (χ1) is 12.5. The van der Waals surface area contributed by atoms with Gasteiger partial charge in [-0.2, -0.15) is 15.0 Å². The fraction of sp³-hybridized carbons (Fsp3) is 0.333. The maximum Gasteiger partial charge on any atom is 0.322 e. The van der Waals surface area contributed by atoms with E-state index in [1.807, 2.05) is 4.90 Å². The number of aliphatic carboxylic acids is 1. The van der Waals surface area contributed by atoms with E-state index in [1.54, 1.807) is 12.1 Å². The van der Waals surface area contributed by atoms with Gasteiger partial charge in [-0.15, -0.1) is 0 Å². The van der Waals surface area contributed by atoms with Crippen LogP contribution in [0.25, 0.3) is 11.4 Å². The molecule has 2 aromatic rings. The molecule has 0 spiro atoms. The molecule has 0 amide bonds. The molecule has 1 aliphatic heterocycles. The van der Waals surface area contributed by atoms with Crippen LogP contribution in [0, 0.1) is 4.91 Å². The quantitative estimate of drug-likeness (QED) is 0.629. The second-order valence-corrected chi connectivity index (χ2v) is 5.45. The molecule has 0 saturated carbocycles. The van der Waals surface area contributed by atoms with Crippen molar-refractivity contribution in [3.05, 3.63) is 29.2 Å². The molecule has 2 heterocycles. The Morgan fingerprint density at radius 1 is 1.27 bits per heavy atom. The van der Waals surface area contributed by atoms with Crippen molar-refractivity contribution in [1.82, 2.24) is 15.0 Å². The van der Waals surface area contributed by atoms with E-state index in [1.165, 1.54) is 12.1 Å². The Balaban J connectivity index is 1.99. The van der Waals surface area contributed by atoms with Gasteiger partial charge >= 0.3 is 11.7 Å². The molecule has 0 atom stereocenters. The van der Waals surface area contributed by atoms with Crippen LogP contribution in [0.15, 0.2) is 24.3 Å². The molecular formula is C15H17N6O5+. The zero-order chi connectivity index (χ0) is 18.5. The van der Waals surface area contributed by atoms with Gasteiger partial charge in [-0.1, -0.05) is 12.1 Å². The number of carboxylic acids is 1. The highest BCUT2D eigenvalue weighted by Crippen LogP contribution is 2.23. The highest BCUT2D eigenvalue weighted by Gasteiger charge is 2.19. The molecule has 1 fully saturated rings. The second-order valence-electron chi connectivity index (χ2n) is 5.45. The van der Waals surface area contributed by atoms with Crippen LogP contribution >= 0.6 is 0 Å². The number of anilines is 2. The lowest BCUT2D eigenvalue weighted by molar-refractivity contribution is -0.729. The molecule has 3 rings (SSSR count). The van der Waals surface area contributed by atoms with E-state index in [0.717, 1.165) is 0 Å². The first-order valence-electron chi connectivity index (χ1n) is 7.84. The third-order valence-corrected chi connectivity index (χ3v) is 3.64. The Labute approximate surface area is 147 Å². The summed E-state index contributed by atoms with van der Waals surface area (Å²) in [6.07, 6.45) is 0. The number of hydrogen-bond acceptors (Lipinski definition) is 8. The third-order valence-electron chi connectivity index (χ3n) is 3.64. The summed E-state index contributed by atoms with van der Waals surface area (Å²) in [5.74, 6) is -0.325. The van der Waals surface area contributed by atoms with Crippen LogP contribution in [0.3, 0.4) is 0 Å². The van der Waals surface area contributed by atoms with Crippen LogP contribution in [-0.2, 0) is 9.53 Å². The van der Waals surface area contributed by atoms with Crippen LogP contribution in [0.2, 0.25) is 0 Å². The highest BCUT2D eigenvalue weighted by molar-refractivity contribution is 5.72. The predicted molar refractivity (Wildman–Crippen MR) is 89.5 cm³/mol. The maximum atomic E-state index is 11.1. The van der Waals surface area contributed by atoms with Crippen molar-refractivity contribution in [1.29, 1.82) is 0 Å². The number of ether oxygens (including phenoxy) is 1. The smallest absolute Gasteiger partial charge is 0.322 e. The number of rotatable bonds is 6. The fourth-order valence-electron chi connectivity index (χ4n) is 2.40.